The van der Waals surface area contributed by atoms with E-state index < -0.39 is 12.5 Å². The van der Waals surface area contributed by atoms with Crippen molar-refractivity contribution in [1.29, 1.82) is 0 Å². The largest absolute Gasteiger partial charge is 0.457 e. The van der Waals surface area contributed by atoms with Gasteiger partial charge in [0, 0.05) is 13.8 Å². The quantitative estimate of drug-likeness (QED) is 0.411. The van der Waals surface area contributed by atoms with Crippen molar-refractivity contribution >= 4 is 5.69 Å². The summed E-state index contributed by atoms with van der Waals surface area (Å²) in [5.74, 6) is 1.50. The lowest BCUT2D eigenvalue weighted by atomic mass is 10.2. The highest BCUT2D eigenvalue weighted by Crippen LogP contribution is 2.27. The Hall–Kier alpha value is -2.08. The maximum absolute atomic E-state index is 10.2. The first kappa shape index (κ1) is 18.3. The number of aliphatic hydroxyl groups excluding tert-OH is 2. The van der Waals surface area contributed by atoms with E-state index in [9.17, 15) is 10.2 Å². The number of ether oxygens (including phenoxy) is 1. The first-order valence-electron chi connectivity index (χ1n) is 8.21. The molecule has 2 rings (SSSR count). The summed E-state index contributed by atoms with van der Waals surface area (Å²) >= 11 is 0. The van der Waals surface area contributed by atoms with Crippen LogP contribution in [0.3, 0.4) is 0 Å². The van der Waals surface area contributed by atoms with E-state index in [1.54, 1.807) is 13.8 Å². The van der Waals surface area contributed by atoms with Crippen molar-refractivity contribution in [2.24, 2.45) is 0 Å². The number of quaternary nitrogens is 1. The van der Waals surface area contributed by atoms with Crippen molar-refractivity contribution in [3.8, 4) is 11.5 Å². The number of hydrogen-bond donors (Lipinski definition) is 3. The third-order valence-corrected chi connectivity index (χ3v) is 4.25. The van der Waals surface area contributed by atoms with Gasteiger partial charge in [0.2, 0.25) is 12.5 Å². The standard InChI is InChI=1S/C19H27N2O3/c1-14(2)21(15(3)22,16(4)23)20-17-10-12-19(13-11-17)24-18-8-6-5-7-9-18/h5-16,20,22-23H,1-4H3/q+1. The molecular weight excluding hydrogens is 304 g/mol. The van der Waals surface area contributed by atoms with Gasteiger partial charge in [0.1, 0.15) is 17.5 Å². The van der Waals surface area contributed by atoms with Crippen molar-refractivity contribution < 1.29 is 19.5 Å². The van der Waals surface area contributed by atoms with Gasteiger partial charge in [-0.2, -0.15) is 4.59 Å². The molecule has 5 heteroatoms. The van der Waals surface area contributed by atoms with Gasteiger partial charge in [0.15, 0.2) is 0 Å². The predicted molar refractivity (Wildman–Crippen MR) is 95.3 cm³/mol. The van der Waals surface area contributed by atoms with E-state index in [4.69, 9.17) is 4.74 Å². The monoisotopic (exact) mass is 331 g/mol. The molecule has 0 aliphatic heterocycles. The normalized spacial score (nSPS) is 16.3. The number of rotatable bonds is 7. The topological polar surface area (TPSA) is 61.7 Å². The molecule has 0 aromatic heterocycles. The van der Waals surface area contributed by atoms with Crippen LogP contribution in [0, 0.1) is 0 Å². The van der Waals surface area contributed by atoms with Crippen molar-refractivity contribution in [2.45, 2.75) is 46.2 Å². The Morgan fingerprint density at radius 2 is 1.29 bits per heavy atom. The van der Waals surface area contributed by atoms with Gasteiger partial charge in [0.05, 0.1) is 5.69 Å². The minimum atomic E-state index is -0.773. The van der Waals surface area contributed by atoms with Crippen LogP contribution in [0.15, 0.2) is 54.6 Å². The number of anilines is 1. The van der Waals surface area contributed by atoms with Crippen LogP contribution < -0.4 is 10.2 Å². The highest BCUT2D eigenvalue weighted by Gasteiger charge is 2.42. The van der Waals surface area contributed by atoms with Gasteiger partial charge in [-0.1, -0.05) is 18.2 Å². The van der Waals surface area contributed by atoms with Crippen molar-refractivity contribution in [2.75, 3.05) is 5.43 Å². The Balaban J connectivity index is 2.17. The zero-order valence-corrected chi connectivity index (χ0v) is 14.7. The molecule has 2 aromatic carbocycles. The highest BCUT2D eigenvalue weighted by atomic mass is 16.5. The highest BCUT2D eigenvalue weighted by molar-refractivity contribution is 5.45. The first-order chi connectivity index (χ1) is 11.4. The van der Waals surface area contributed by atoms with Crippen LogP contribution in [0.4, 0.5) is 5.69 Å². The minimum Gasteiger partial charge on any atom is -0.457 e. The zero-order chi connectivity index (χ0) is 17.7. The van der Waals surface area contributed by atoms with E-state index in [1.165, 1.54) is 0 Å². The molecule has 0 radical (unpaired) electrons. The summed E-state index contributed by atoms with van der Waals surface area (Å²) in [4.78, 5) is 0. The molecule has 0 aliphatic carbocycles. The molecule has 0 fully saturated rings. The Kier molecular flexibility index (Phi) is 5.83. The smallest absolute Gasteiger partial charge is 0.212 e. The molecule has 5 nitrogen and oxygen atoms in total. The molecule has 0 heterocycles. The van der Waals surface area contributed by atoms with Gasteiger partial charge < -0.3 is 14.9 Å². The van der Waals surface area contributed by atoms with Gasteiger partial charge in [-0.15, -0.1) is 0 Å². The van der Waals surface area contributed by atoms with Crippen LogP contribution in [0.5, 0.6) is 11.5 Å². The molecule has 2 atom stereocenters. The molecule has 0 amide bonds. The Morgan fingerprint density at radius 3 is 1.75 bits per heavy atom. The molecule has 3 N–H and O–H groups in total. The molecule has 0 saturated carbocycles. The summed E-state index contributed by atoms with van der Waals surface area (Å²) in [6.07, 6.45) is -1.55. The number of aliphatic hydroxyl groups is 2. The van der Waals surface area contributed by atoms with E-state index in [-0.39, 0.29) is 10.6 Å². The third-order valence-electron chi connectivity index (χ3n) is 4.25. The fourth-order valence-electron chi connectivity index (χ4n) is 2.94. The summed E-state index contributed by atoms with van der Waals surface area (Å²) < 4.78 is 5.73. The Bertz CT molecular complexity index is 603. The number of nitrogens with zero attached hydrogens (tertiary/aromatic N) is 1. The summed E-state index contributed by atoms with van der Waals surface area (Å²) in [7, 11) is 0. The second-order valence-corrected chi connectivity index (χ2v) is 6.24. The molecule has 0 bridgehead atoms. The maximum atomic E-state index is 10.2. The average molecular weight is 331 g/mol. The van der Waals surface area contributed by atoms with Crippen molar-refractivity contribution in [3.05, 3.63) is 54.6 Å². The molecule has 0 aliphatic rings. The van der Waals surface area contributed by atoms with E-state index in [2.05, 4.69) is 5.43 Å². The van der Waals surface area contributed by atoms with Gasteiger partial charge in [-0.25, -0.2) is 5.43 Å². The zero-order valence-electron chi connectivity index (χ0n) is 14.7. The summed E-state index contributed by atoms with van der Waals surface area (Å²) in [6, 6.07) is 17.0. The lowest BCUT2D eigenvalue weighted by Crippen LogP contribution is -2.66. The lowest BCUT2D eigenvalue weighted by molar-refractivity contribution is -1.01. The number of nitrogens with one attached hydrogen (secondary N) is 1. The molecule has 0 saturated heterocycles. The van der Waals surface area contributed by atoms with Gasteiger partial charge in [-0.05, 0) is 50.2 Å². The molecule has 130 valence electrons. The van der Waals surface area contributed by atoms with Gasteiger partial charge >= 0.3 is 0 Å². The fourth-order valence-corrected chi connectivity index (χ4v) is 2.94. The van der Waals surface area contributed by atoms with Crippen LogP contribution in [0.2, 0.25) is 0 Å². The van der Waals surface area contributed by atoms with Crippen LogP contribution in [0.25, 0.3) is 0 Å². The van der Waals surface area contributed by atoms with E-state index in [1.807, 2.05) is 68.4 Å². The van der Waals surface area contributed by atoms with E-state index in [0.717, 1.165) is 17.2 Å². The fraction of sp³-hybridized carbons (Fsp3) is 0.368. The molecule has 2 aromatic rings. The summed E-state index contributed by atoms with van der Waals surface area (Å²) in [5.41, 5.74) is 4.06. The summed E-state index contributed by atoms with van der Waals surface area (Å²) in [5, 5.41) is 20.5. The van der Waals surface area contributed by atoms with Crippen molar-refractivity contribution in [1.82, 2.24) is 0 Å². The van der Waals surface area contributed by atoms with Crippen LogP contribution in [0.1, 0.15) is 27.7 Å². The molecule has 24 heavy (non-hydrogen) atoms. The first-order valence-corrected chi connectivity index (χ1v) is 8.21. The molecular formula is C19H27N2O3+. The lowest BCUT2D eigenvalue weighted by Gasteiger charge is -2.45. The van der Waals surface area contributed by atoms with Gasteiger partial charge in [-0.3, -0.25) is 0 Å². The number of hydrogen-bond acceptors (Lipinski definition) is 4. The van der Waals surface area contributed by atoms with E-state index >= 15 is 0 Å². The SMILES string of the molecule is CC(C)[N+](Nc1ccc(Oc2ccccc2)cc1)(C(C)O)C(C)O. The van der Waals surface area contributed by atoms with Crippen LogP contribution in [-0.2, 0) is 0 Å². The Morgan fingerprint density at radius 1 is 0.792 bits per heavy atom. The average Bonchev–Trinajstić information content (AvgIpc) is 2.54. The van der Waals surface area contributed by atoms with Crippen LogP contribution >= 0.6 is 0 Å². The molecule has 2 unspecified atom stereocenters. The minimum absolute atomic E-state index is 0.0229. The van der Waals surface area contributed by atoms with Crippen molar-refractivity contribution in [3.63, 3.8) is 0 Å². The predicted octanol–water partition coefficient (Wildman–Crippen LogP) is 3.71. The summed E-state index contributed by atoms with van der Waals surface area (Å²) in [6.45, 7) is 7.26. The number of benzene rings is 2. The third kappa shape index (κ3) is 3.87. The van der Waals surface area contributed by atoms with Crippen LogP contribution in [-0.4, -0.2) is 33.3 Å². The number of para-hydroxylation sites is 1. The van der Waals surface area contributed by atoms with E-state index in [0.29, 0.717) is 0 Å². The second-order valence-electron chi connectivity index (χ2n) is 6.24. The van der Waals surface area contributed by atoms with Gasteiger partial charge in [0.25, 0.3) is 0 Å². The second kappa shape index (κ2) is 7.66. The molecule has 0 spiro atoms. The Labute approximate surface area is 143 Å². The maximum Gasteiger partial charge on any atom is 0.212 e.